The maximum Gasteiger partial charge on any atom is 0.123 e. The van der Waals surface area contributed by atoms with Gasteiger partial charge in [-0.05, 0) is 30.2 Å². The van der Waals surface area contributed by atoms with Gasteiger partial charge in [0.1, 0.15) is 5.82 Å². The van der Waals surface area contributed by atoms with Crippen LogP contribution in [0.25, 0.3) is 0 Å². The number of nitrogens with zero attached hydrogens (tertiary/aromatic N) is 2. The summed E-state index contributed by atoms with van der Waals surface area (Å²) >= 11 is 0. The highest BCUT2D eigenvalue weighted by Gasteiger charge is 2.09. The van der Waals surface area contributed by atoms with Gasteiger partial charge in [0.25, 0.3) is 0 Å². The Kier molecular flexibility index (Phi) is 4.68. The maximum atomic E-state index is 13.2. The molecule has 0 aliphatic rings. The Morgan fingerprint density at radius 1 is 1.37 bits per heavy atom. The molecule has 1 heterocycles. The number of nitrogens with one attached hydrogen (secondary N) is 1. The summed E-state index contributed by atoms with van der Waals surface area (Å²) in [6, 6.07) is 9.01. The van der Waals surface area contributed by atoms with Crippen LogP contribution in [-0.2, 0) is 13.5 Å². The molecule has 0 aliphatic heterocycles. The van der Waals surface area contributed by atoms with Gasteiger partial charge in [-0.15, -0.1) is 0 Å². The molecule has 0 bridgehead atoms. The van der Waals surface area contributed by atoms with Crippen LogP contribution in [0.1, 0.15) is 30.6 Å². The normalized spacial score (nSPS) is 12.6. The summed E-state index contributed by atoms with van der Waals surface area (Å²) in [7, 11) is 1.92. The minimum atomic E-state index is -0.178. The number of aromatic nitrogens is 2. The lowest BCUT2D eigenvalue weighted by Gasteiger charge is -2.17. The average molecular weight is 261 g/mol. The highest BCUT2D eigenvalue weighted by Crippen LogP contribution is 2.17. The number of aryl methyl sites for hydroxylation is 1. The van der Waals surface area contributed by atoms with Gasteiger partial charge in [-0.2, -0.15) is 5.10 Å². The van der Waals surface area contributed by atoms with Crippen LogP contribution < -0.4 is 5.32 Å². The first-order valence-corrected chi connectivity index (χ1v) is 6.66. The Morgan fingerprint density at radius 3 is 2.84 bits per heavy atom. The highest BCUT2D eigenvalue weighted by molar-refractivity contribution is 5.20. The molecule has 3 nitrogen and oxygen atoms in total. The van der Waals surface area contributed by atoms with Gasteiger partial charge in [0.15, 0.2) is 0 Å². The molecule has 0 saturated carbocycles. The van der Waals surface area contributed by atoms with Crippen molar-refractivity contribution in [3.63, 3.8) is 0 Å². The van der Waals surface area contributed by atoms with E-state index < -0.39 is 0 Å². The molecule has 0 spiro atoms. The van der Waals surface area contributed by atoms with Crippen LogP contribution in [-0.4, -0.2) is 16.3 Å². The van der Waals surface area contributed by atoms with Crippen molar-refractivity contribution in [3.8, 4) is 0 Å². The van der Waals surface area contributed by atoms with Crippen LogP contribution in [0.2, 0.25) is 0 Å². The SMILES string of the molecule is CCC(NCCc1ccn(C)n1)c1cccc(F)c1. The van der Waals surface area contributed by atoms with E-state index in [4.69, 9.17) is 0 Å². The summed E-state index contributed by atoms with van der Waals surface area (Å²) in [5.74, 6) is -0.178. The molecule has 2 rings (SSSR count). The number of benzene rings is 1. The molecule has 1 aromatic heterocycles. The zero-order chi connectivity index (χ0) is 13.7. The Balaban J connectivity index is 1.89. The first-order chi connectivity index (χ1) is 9.19. The number of hydrogen-bond acceptors (Lipinski definition) is 2. The molecule has 0 aliphatic carbocycles. The van der Waals surface area contributed by atoms with E-state index in [0.29, 0.717) is 0 Å². The van der Waals surface area contributed by atoms with Gasteiger partial charge in [-0.3, -0.25) is 4.68 Å². The molecule has 0 amide bonds. The highest BCUT2D eigenvalue weighted by atomic mass is 19.1. The van der Waals surface area contributed by atoms with Crippen molar-refractivity contribution in [3.05, 3.63) is 53.6 Å². The average Bonchev–Trinajstić information content (AvgIpc) is 2.80. The second kappa shape index (κ2) is 6.48. The third-order valence-corrected chi connectivity index (χ3v) is 3.20. The predicted octanol–water partition coefficient (Wildman–Crippen LogP) is 2.84. The lowest BCUT2D eigenvalue weighted by molar-refractivity contribution is 0.515. The van der Waals surface area contributed by atoms with E-state index in [0.717, 1.165) is 30.6 Å². The van der Waals surface area contributed by atoms with Crippen LogP contribution in [0.5, 0.6) is 0 Å². The van der Waals surface area contributed by atoms with Gasteiger partial charge < -0.3 is 5.32 Å². The zero-order valence-corrected chi connectivity index (χ0v) is 11.4. The van der Waals surface area contributed by atoms with E-state index in [1.807, 2.05) is 25.4 Å². The summed E-state index contributed by atoms with van der Waals surface area (Å²) in [4.78, 5) is 0. The summed E-state index contributed by atoms with van der Waals surface area (Å²) in [5.41, 5.74) is 2.08. The minimum Gasteiger partial charge on any atom is -0.310 e. The van der Waals surface area contributed by atoms with Crippen molar-refractivity contribution < 1.29 is 4.39 Å². The maximum absolute atomic E-state index is 13.2. The summed E-state index contributed by atoms with van der Waals surface area (Å²) in [6.07, 6.45) is 3.76. The molecule has 2 aromatic rings. The van der Waals surface area contributed by atoms with E-state index in [9.17, 15) is 4.39 Å². The lowest BCUT2D eigenvalue weighted by atomic mass is 10.0. The zero-order valence-electron chi connectivity index (χ0n) is 11.4. The van der Waals surface area contributed by atoms with Crippen molar-refractivity contribution >= 4 is 0 Å². The molecule has 102 valence electrons. The quantitative estimate of drug-likeness (QED) is 0.866. The Hall–Kier alpha value is -1.68. The van der Waals surface area contributed by atoms with Crippen LogP contribution in [0, 0.1) is 5.82 Å². The van der Waals surface area contributed by atoms with Crippen molar-refractivity contribution in [2.24, 2.45) is 7.05 Å². The smallest absolute Gasteiger partial charge is 0.123 e. The lowest BCUT2D eigenvalue weighted by Crippen LogP contribution is -2.23. The van der Waals surface area contributed by atoms with Crippen molar-refractivity contribution in [1.82, 2.24) is 15.1 Å². The Labute approximate surface area is 113 Å². The van der Waals surface area contributed by atoms with Gasteiger partial charge in [0.05, 0.1) is 5.69 Å². The second-order valence-corrected chi connectivity index (χ2v) is 4.70. The molecule has 0 fully saturated rings. The van der Waals surface area contributed by atoms with Crippen LogP contribution in [0.3, 0.4) is 0 Å². The molecule has 0 saturated heterocycles. The third-order valence-electron chi connectivity index (χ3n) is 3.20. The van der Waals surface area contributed by atoms with E-state index in [1.54, 1.807) is 16.8 Å². The van der Waals surface area contributed by atoms with Gasteiger partial charge in [-0.1, -0.05) is 19.1 Å². The molecular formula is C15H20FN3. The van der Waals surface area contributed by atoms with Crippen LogP contribution >= 0.6 is 0 Å². The largest absolute Gasteiger partial charge is 0.310 e. The van der Waals surface area contributed by atoms with Gasteiger partial charge in [0.2, 0.25) is 0 Å². The number of halogens is 1. The standard InChI is InChI=1S/C15H20FN3/c1-3-15(12-5-4-6-13(16)11-12)17-9-7-14-8-10-19(2)18-14/h4-6,8,10-11,15,17H,3,7,9H2,1-2H3. The molecule has 4 heteroatoms. The predicted molar refractivity (Wildman–Crippen MR) is 74.3 cm³/mol. The molecule has 1 unspecified atom stereocenters. The number of rotatable bonds is 6. The van der Waals surface area contributed by atoms with E-state index in [-0.39, 0.29) is 11.9 Å². The second-order valence-electron chi connectivity index (χ2n) is 4.70. The topological polar surface area (TPSA) is 29.9 Å². The molecule has 1 atom stereocenters. The van der Waals surface area contributed by atoms with Crippen LogP contribution in [0.4, 0.5) is 4.39 Å². The summed E-state index contributed by atoms with van der Waals surface area (Å²) in [5, 5.41) is 7.79. The van der Waals surface area contributed by atoms with E-state index >= 15 is 0 Å². The van der Waals surface area contributed by atoms with Gasteiger partial charge in [-0.25, -0.2) is 4.39 Å². The van der Waals surface area contributed by atoms with E-state index in [1.165, 1.54) is 6.07 Å². The van der Waals surface area contributed by atoms with E-state index in [2.05, 4.69) is 17.3 Å². The van der Waals surface area contributed by atoms with Crippen molar-refractivity contribution in [1.29, 1.82) is 0 Å². The third kappa shape index (κ3) is 3.89. The number of hydrogen-bond donors (Lipinski definition) is 1. The molecule has 1 aromatic carbocycles. The van der Waals surface area contributed by atoms with Crippen molar-refractivity contribution in [2.45, 2.75) is 25.8 Å². The molecule has 0 radical (unpaired) electrons. The first-order valence-electron chi connectivity index (χ1n) is 6.66. The fourth-order valence-corrected chi connectivity index (χ4v) is 2.19. The monoisotopic (exact) mass is 261 g/mol. The fraction of sp³-hybridized carbons (Fsp3) is 0.400. The molecule has 1 N–H and O–H groups in total. The van der Waals surface area contributed by atoms with Crippen molar-refractivity contribution in [2.75, 3.05) is 6.54 Å². The minimum absolute atomic E-state index is 0.178. The Bertz CT molecular complexity index is 522. The molecule has 19 heavy (non-hydrogen) atoms. The van der Waals surface area contributed by atoms with Gasteiger partial charge >= 0.3 is 0 Å². The van der Waals surface area contributed by atoms with Gasteiger partial charge in [0, 0.05) is 32.3 Å². The van der Waals surface area contributed by atoms with Crippen LogP contribution in [0.15, 0.2) is 36.5 Å². The molecular weight excluding hydrogens is 241 g/mol. The summed E-state index contributed by atoms with van der Waals surface area (Å²) in [6.45, 7) is 2.94. The Morgan fingerprint density at radius 2 is 2.21 bits per heavy atom. The fourth-order valence-electron chi connectivity index (χ4n) is 2.19. The first kappa shape index (κ1) is 13.7. The summed E-state index contributed by atoms with van der Waals surface area (Å²) < 4.78 is 15.0.